The number of rotatable bonds is 3. The van der Waals surface area contributed by atoms with Crippen LogP contribution in [0.25, 0.3) is 22.0 Å². The molecule has 1 amide bonds. The SMILES string of the molecule is COc1cccc(F)c1-c1ccc2cn(C3CN(C(=O)OC(C)(C)C)C3)nc2c1. The molecule has 0 radical (unpaired) electrons. The van der Waals surface area contributed by atoms with Gasteiger partial charge in [0.05, 0.1) is 24.2 Å². The quantitative estimate of drug-likeness (QED) is 0.646. The van der Waals surface area contributed by atoms with Crippen molar-refractivity contribution in [2.24, 2.45) is 0 Å². The second-order valence-electron chi connectivity index (χ2n) is 8.24. The first-order valence-electron chi connectivity index (χ1n) is 9.55. The third kappa shape index (κ3) is 3.77. The maximum atomic E-state index is 14.4. The minimum absolute atomic E-state index is 0.0985. The molecule has 3 aromatic rings. The van der Waals surface area contributed by atoms with Crippen LogP contribution in [0.2, 0.25) is 0 Å². The highest BCUT2D eigenvalue weighted by Gasteiger charge is 2.35. The molecule has 1 aliphatic heterocycles. The molecule has 1 aromatic heterocycles. The van der Waals surface area contributed by atoms with Crippen molar-refractivity contribution in [1.29, 1.82) is 0 Å². The monoisotopic (exact) mass is 397 g/mol. The van der Waals surface area contributed by atoms with Crippen LogP contribution in [-0.4, -0.2) is 46.6 Å². The van der Waals surface area contributed by atoms with Crippen LogP contribution in [0.4, 0.5) is 9.18 Å². The summed E-state index contributed by atoms with van der Waals surface area (Å²) >= 11 is 0. The molecule has 0 aliphatic carbocycles. The average molecular weight is 397 g/mol. The lowest BCUT2D eigenvalue weighted by Gasteiger charge is -2.39. The van der Waals surface area contributed by atoms with E-state index >= 15 is 0 Å². The topological polar surface area (TPSA) is 56.6 Å². The molecule has 1 saturated heterocycles. The fourth-order valence-corrected chi connectivity index (χ4v) is 3.43. The number of ether oxygens (including phenoxy) is 2. The number of benzene rings is 2. The molecular weight excluding hydrogens is 373 g/mol. The lowest BCUT2D eigenvalue weighted by Crippen LogP contribution is -2.52. The molecule has 1 fully saturated rings. The van der Waals surface area contributed by atoms with Crippen molar-refractivity contribution in [3.05, 3.63) is 48.4 Å². The first-order valence-corrected chi connectivity index (χ1v) is 9.55. The number of methoxy groups -OCH3 is 1. The zero-order valence-electron chi connectivity index (χ0n) is 17.0. The molecule has 0 bridgehead atoms. The summed E-state index contributed by atoms with van der Waals surface area (Å²) in [6.07, 6.45) is 1.65. The number of fused-ring (bicyclic) bond motifs is 1. The van der Waals surface area contributed by atoms with Gasteiger partial charge in [-0.1, -0.05) is 18.2 Å². The van der Waals surface area contributed by atoms with Crippen molar-refractivity contribution in [1.82, 2.24) is 14.7 Å². The molecule has 7 heteroatoms. The molecule has 0 saturated carbocycles. The molecule has 4 rings (SSSR count). The van der Waals surface area contributed by atoms with Gasteiger partial charge in [0.15, 0.2) is 0 Å². The number of aromatic nitrogens is 2. The normalized spacial score (nSPS) is 14.7. The zero-order valence-corrected chi connectivity index (χ0v) is 17.0. The van der Waals surface area contributed by atoms with E-state index in [0.717, 1.165) is 10.9 Å². The van der Waals surface area contributed by atoms with E-state index in [0.29, 0.717) is 30.0 Å². The van der Waals surface area contributed by atoms with Gasteiger partial charge in [-0.2, -0.15) is 5.10 Å². The summed E-state index contributed by atoms with van der Waals surface area (Å²) < 4.78 is 27.0. The Morgan fingerprint density at radius 1 is 1.21 bits per heavy atom. The van der Waals surface area contributed by atoms with Crippen LogP contribution >= 0.6 is 0 Å². The highest BCUT2D eigenvalue weighted by Crippen LogP contribution is 2.34. The second-order valence-corrected chi connectivity index (χ2v) is 8.24. The summed E-state index contributed by atoms with van der Waals surface area (Å²) in [5, 5.41) is 5.61. The molecule has 0 N–H and O–H groups in total. The van der Waals surface area contributed by atoms with Crippen molar-refractivity contribution in [3.8, 4) is 16.9 Å². The summed E-state index contributed by atoms with van der Waals surface area (Å²) in [6.45, 7) is 6.66. The number of halogens is 1. The van der Waals surface area contributed by atoms with E-state index in [1.165, 1.54) is 13.2 Å². The van der Waals surface area contributed by atoms with Crippen molar-refractivity contribution in [3.63, 3.8) is 0 Å². The maximum absolute atomic E-state index is 14.4. The third-order valence-electron chi connectivity index (χ3n) is 4.90. The van der Waals surface area contributed by atoms with Crippen molar-refractivity contribution < 1.29 is 18.7 Å². The van der Waals surface area contributed by atoms with Crippen LogP contribution in [0.3, 0.4) is 0 Å². The second kappa shape index (κ2) is 7.06. The van der Waals surface area contributed by atoms with Gasteiger partial charge in [0.1, 0.15) is 17.2 Å². The van der Waals surface area contributed by atoms with Crippen molar-refractivity contribution in [2.45, 2.75) is 32.4 Å². The number of nitrogens with zero attached hydrogens (tertiary/aromatic N) is 3. The fourth-order valence-electron chi connectivity index (χ4n) is 3.43. The summed E-state index contributed by atoms with van der Waals surface area (Å²) in [6, 6.07) is 10.5. The first kappa shape index (κ1) is 19.2. The highest BCUT2D eigenvalue weighted by atomic mass is 19.1. The van der Waals surface area contributed by atoms with Crippen LogP contribution in [0.1, 0.15) is 26.8 Å². The number of hydrogen-bond acceptors (Lipinski definition) is 4. The van der Waals surface area contributed by atoms with Gasteiger partial charge in [0.25, 0.3) is 0 Å². The molecule has 2 aromatic carbocycles. The van der Waals surface area contributed by atoms with Gasteiger partial charge in [-0.15, -0.1) is 0 Å². The molecule has 1 aliphatic rings. The number of carbonyl (C=O) groups is 1. The van der Waals surface area contributed by atoms with E-state index in [1.54, 1.807) is 17.0 Å². The Labute approximate surface area is 168 Å². The summed E-state index contributed by atoms with van der Waals surface area (Å²) in [5.74, 6) is 0.144. The molecule has 0 unspecified atom stereocenters. The van der Waals surface area contributed by atoms with Crippen LogP contribution in [0.15, 0.2) is 42.6 Å². The Kier molecular flexibility index (Phi) is 4.68. The van der Waals surface area contributed by atoms with Gasteiger partial charge in [-0.05, 0) is 44.5 Å². The molecular formula is C22H24FN3O3. The molecule has 0 spiro atoms. The van der Waals surface area contributed by atoms with E-state index < -0.39 is 5.60 Å². The van der Waals surface area contributed by atoms with Crippen LogP contribution in [0, 0.1) is 5.82 Å². The Morgan fingerprint density at radius 3 is 2.66 bits per heavy atom. The van der Waals surface area contributed by atoms with Crippen molar-refractivity contribution in [2.75, 3.05) is 20.2 Å². The minimum atomic E-state index is -0.507. The number of amides is 1. The van der Waals surface area contributed by atoms with E-state index in [-0.39, 0.29) is 18.0 Å². The summed E-state index contributed by atoms with van der Waals surface area (Å²) in [7, 11) is 1.53. The van der Waals surface area contributed by atoms with Crippen LogP contribution in [-0.2, 0) is 4.74 Å². The van der Waals surface area contributed by atoms with Gasteiger partial charge in [-0.3, -0.25) is 4.68 Å². The largest absolute Gasteiger partial charge is 0.496 e. The number of hydrogen-bond donors (Lipinski definition) is 0. The molecule has 6 nitrogen and oxygen atoms in total. The van der Waals surface area contributed by atoms with Crippen LogP contribution in [0.5, 0.6) is 5.75 Å². The smallest absolute Gasteiger partial charge is 0.410 e. The number of likely N-dealkylation sites (tertiary alicyclic amines) is 1. The number of carbonyl (C=O) groups excluding carboxylic acids is 1. The standard InChI is InChI=1S/C22H24FN3O3/c1-22(2,3)29-21(27)25-12-16(13-25)26-11-15-9-8-14(10-18(15)24-26)20-17(23)6-5-7-19(20)28-4/h5-11,16H,12-13H2,1-4H3. The first-order chi connectivity index (χ1) is 13.7. The Morgan fingerprint density at radius 2 is 1.97 bits per heavy atom. The average Bonchev–Trinajstić information content (AvgIpc) is 3.01. The van der Waals surface area contributed by atoms with Gasteiger partial charge in [-0.25, -0.2) is 9.18 Å². The summed E-state index contributed by atoms with van der Waals surface area (Å²) in [4.78, 5) is 13.8. The van der Waals surface area contributed by atoms with Gasteiger partial charge >= 0.3 is 6.09 Å². The Balaban J connectivity index is 1.54. The highest BCUT2D eigenvalue weighted by molar-refractivity contribution is 5.85. The molecule has 152 valence electrons. The van der Waals surface area contributed by atoms with Gasteiger partial charge in [0, 0.05) is 24.7 Å². The minimum Gasteiger partial charge on any atom is -0.496 e. The Bertz CT molecular complexity index is 1060. The fraction of sp³-hybridized carbons (Fsp3) is 0.364. The lowest BCUT2D eigenvalue weighted by atomic mass is 10.0. The maximum Gasteiger partial charge on any atom is 0.410 e. The van der Waals surface area contributed by atoms with E-state index in [1.807, 2.05) is 49.8 Å². The van der Waals surface area contributed by atoms with E-state index in [4.69, 9.17) is 9.47 Å². The summed E-state index contributed by atoms with van der Waals surface area (Å²) in [5.41, 5.74) is 1.39. The molecule has 2 heterocycles. The molecule has 0 atom stereocenters. The third-order valence-corrected chi connectivity index (χ3v) is 4.90. The molecule has 29 heavy (non-hydrogen) atoms. The van der Waals surface area contributed by atoms with Crippen molar-refractivity contribution >= 4 is 17.0 Å². The van der Waals surface area contributed by atoms with E-state index in [2.05, 4.69) is 5.10 Å². The Hall–Kier alpha value is -3.09. The lowest BCUT2D eigenvalue weighted by molar-refractivity contribution is -0.000294. The predicted octanol–water partition coefficient (Wildman–Crippen LogP) is 4.64. The predicted molar refractivity (Wildman–Crippen MR) is 109 cm³/mol. The van der Waals surface area contributed by atoms with Gasteiger partial charge < -0.3 is 14.4 Å². The van der Waals surface area contributed by atoms with E-state index in [9.17, 15) is 9.18 Å². The van der Waals surface area contributed by atoms with Crippen LogP contribution < -0.4 is 4.74 Å². The zero-order chi connectivity index (χ0) is 20.8. The van der Waals surface area contributed by atoms with Gasteiger partial charge in [0.2, 0.25) is 0 Å².